The SMILES string of the molecule is Cc1ccccc1NC(=O)CN1C(=O)CC(C)Sc2ccc(S(=O)(=O)N3CCCCC3)cc21. The van der Waals surface area contributed by atoms with Gasteiger partial charge in [0.1, 0.15) is 6.54 Å². The zero-order chi connectivity index (χ0) is 23.6. The van der Waals surface area contributed by atoms with E-state index < -0.39 is 10.0 Å². The molecule has 1 unspecified atom stereocenters. The Morgan fingerprint density at radius 1 is 1.12 bits per heavy atom. The van der Waals surface area contributed by atoms with Crippen molar-refractivity contribution in [2.45, 2.75) is 54.6 Å². The van der Waals surface area contributed by atoms with Crippen LogP contribution >= 0.6 is 11.8 Å². The van der Waals surface area contributed by atoms with Crippen LogP contribution in [0.2, 0.25) is 0 Å². The summed E-state index contributed by atoms with van der Waals surface area (Å²) in [5.41, 5.74) is 2.09. The fourth-order valence-electron chi connectivity index (χ4n) is 4.19. The second-order valence-corrected chi connectivity index (χ2v) is 12.0. The molecule has 0 radical (unpaired) electrons. The molecule has 0 spiro atoms. The summed E-state index contributed by atoms with van der Waals surface area (Å²) < 4.78 is 28.0. The van der Waals surface area contributed by atoms with Crippen LogP contribution in [0.3, 0.4) is 0 Å². The molecule has 1 saturated heterocycles. The number of anilines is 2. The maximum absolute atomic E-state index is 13.2. The monoisotopic (exact) mass is 487 g/mol. The van der Waals surface area contributed by atoms with Crippen LogP contribution in [0.4, 0.5) is 11.4 Å². The van der Waals surface area contributed by atoms with Crippen molar-refractivity contribution in [2.24, 2.45) is 0 Å². The van der Waals surface area contributed by atoms with Crippen molar-refractivity contribution in [3.05, 3.63) is 48.0 Å². The van der Waals surface area contributed by atoms with E-state index in [1.807, 2.05) is 38.1 Å². The number of benzene rings is 2. The molecule has 2 amide bonds. The zero-order valence-electron chi connectivity index (χ0n) is 18.9. The van der Waals surface area contributed by atoms with Crippen molar-refractivity contribution >= 4 is 45.0 Å². The number of rotatable bonds is 5. The lowest BCUT2D eigenvalue weighted by molar-refractivity contribution is -0.121. The molecular weight excluding hydrogens is 458 g/mol. The maximum atomic E-state index is 13.2. The number of fused-ring (bicyclic) bond motifs is 1. The van der Waals surface area contributed by atoms with Gasteiger partial charge in [-0.1, -0.05) is 31.5 Å². The summed E-state index contributed by atoms with van der Waals surface area (Å²) in [5.74, 6) is -0.520. The average molecular weight is 488 g/mol. The third kappa shape index (κ3) is 5.26. The first-order valence-electron chi connectivity index (χ1n) is 11.2. The Kier molecular flexibility index (Phi) is 7.11. The number of nitrogens with zero attached hydrogens (tertiary/aromatic N) is 2. The van der Waals surface area contributed by atoms with Crippen LogP contribution in [0.5, 0.6) is 0 Å². The lowest BCUT2D eigenvalue weighted by atomic mass is 10.2. The van der Waals surface area contributed by atoms with E-state index in [0.29, 0.717) is 24.5 Å². The molecule has 0 aliphatic carbocycles. The van der Waals surface area contributed by atoms with Crippen molar-refractivity contribution in [3.8, 4) is 0 Å². The van der Waals surface area contributed by atoms with Crippen molar-refractivity contribution in [2.75, 3.05) is 29.9 Å². The van der Waals surface area contributed by atoms with Crippen molar-refractivity contribution < 1.29 is 18.0 Å². The highest BCUT2D eigenvalue weighted by Gasteiger charge is 2.31. The third-order valence-corrected chi connectivity index (χ3v) is 9.05. The van der Waals surface area contributed by atoms with Gasteiger partial charge in [-0.25, -0.2) is 8.42 Å². The van der Waals surface area contributed by atoms with Gasteiger partial charge in [-0.2, -0.15) is 4.31 Å². The van der Waals surface area contributed by atoms with E-state index in [4.69, 9.17) is 0 Å². The number of para-hydroxylation sites is 1. The van der Waals surface area contributed by atoms with E-state index in [2.05, 4.69) is 5.32 Å². The van der Waals surface area contributed by atoms with Gasteiger partial charge in [0.25, 0.3) is 0 Å². The number of thioether (sulfide) groups is 1. The fourth-order valence-corrected chi connectivity index (χ4v) is 6.82. The first kappa shape index (κ1) is 23.8. The molecular formula is C24H29N3O4S2. The van der Waals surface area contributed by atoms with Crippen LogP contribution in [-0.4, -0.2) is 49.4 Å². The molecule has 2 aliphatic heterocycles. The number of sulfonamides is 1. The number of piperidine rings is 1. The summed E-state index contributed by atoms with van der Waals surface area (Å²) >= 11 is 1.53. The molecule has 7 nitrogen and oxygen atoms in total. The first-order chi connectivity index (χ1) is 15.8. The first-order valence-corrected chi connectivity index (χ1v) is 13.5. The van der Waals surface area contributed by atoms with E-state index in [1.165, 1.54) is 21.0 Å². The van der Waals surface area contributed by atoms with E-state index >= 15 is 0 Å². The predicted octanol–water partition coefficient (Wildman–Crippen LogP) is 4.03. The molecule has 33 heavy (non-hydrogen) atoms. The van der Waals surface area contributed by atoms with Gasteiger partial charge >= 0.3 is 0 Å². The molecule has 1 fully saturated rings. The van der Waals surface area contributed by atoms with Crippen molar-refractivity contribution in [3.63, 3.8) is 0 Å². The molecule has 176 valence electrons. The minimum Gasteiger partial charge on any atom is -0.324 e. The van der Waals surface area contributed by atoms with Gasteiger partial charge in [0.15, 0.2) is 0 Å². The molecule has 0 bridgehead atoms. The molecule has 4 rings (SSSR count). The standard InChI is InChI=1S/C24H29N3O4S2/c1-17-8-4-5-9-20(17)25-23(28)16-27-21-15-19(33(30,31)26-12-6-3-7-13-26)10-11-22(21)32-18(2)14-24(27)29/h4-5,8-11,15,18H,3,6-7,12-14,16H2,1-2H3,(H,25,28). The molecule has 2 heterocycles. The second-order valence-electron chi connectivity index (χ2n) is 8.57. The van der Waals surface area contributed by atoms with E-state index in [0.717, 1.165) is 29.7 Å². The second kappa shape index (κ2) is 9.87. The van der Waals surface area contributed by atoms with Crippen LogP contribution in [0.1, 0.15) is 38.2 Å². The summed E-state index contributed by atoms with van der Waals surface area (Å²) in [6, 6.07) is 12.4. The maximum Gasteiger partial charge on any atom is 0.244 e. The van der Waals surface area contributed by atoms with E-state index in [1.54, 1.807) is 18.2 Å². The van der Waals surface area contributed by atoms with Gasteiger partial charge in [-0.05, 0) is 49.6 Å². The minimum absolute atomic E-state index is 0.0187. The van der Waals surface area contributed by atoms with Crippen molar-refractivity contribution in [1.82, 2.24) is 4.31 Å². The summed E-state index contributed by atoms with van der Waals surface area (Å²) in [7, 11) is -3.66. The Hall–Kier alpha value is -2.36. The zero-order valence-corrected chi connectivity index (χ0v) is 20.5. The van der Waals surface area contributed by atoms with E-state index in [9.17, 15) is 18.0 Å². The van der Waals surface area contributed by atoms with Crippen LogP contribution in [0.25, 0.3) is 0 Å². The molecule has 2 aliphatic rings. The minimum atomic E-state index is -3.66. The van der Waals surface area contributed by atoms with Crippen molar-refractivity contribution in [1.29, 1.82) is 0 Å². The topological polar surface area (TPSA) is 86.8 Å². The highest BCUT2D eigenvalue weighted by molar-refractivity contribution is 8.00. The quantitative estimate of drug-likeness (QED) is 0.688. The molecule has 0 aromatic heterocycles. The number of hydrogen-bond acceptors (Lipinski definition) is 5. The van der Waals surface area contributed by atoms with Crippen LogP contribution in [-0.2, 0) is 19.6 Å². The van der Waals surface area contributed by atoms with Crippen LogP contribution in [0, 0.1) is 6.92 Å². The molecule has 2 aromatic carbocycles. The largest absolute Gasteiger partial charge is 0.324 e. The number of aryl methyl sites for hydroxylation is 1. The van der Waals surface area contributed by atoms with Gasteiger partial charge in [0, 0.05) is 35.3 Å². The highest BCUT2D eigenvalue weighted by Crippen LogP contribution is 2.39. The summed E-state index contributed by atoms with van der Waals surface area (Å²) in [6.07, 6.45) is 3.00. The Morgan fingerprint density at radius 2 is 1.85 bits per heavy atom. The Bertz CT molecular complexity index is 1160. The third-order valence-electron chi connectivity index (χ3n) is 5.99. The Morgan fingerprint density at radius 3 is 2.58 bits per heavy atom. The molecule has 1 atom stereocenters. The van der Waals surface area contributed by atoms with Gasteiger partial charge in [0.2, 0.25) is 21.8 Å². The van der Waals surface area contributed by atoms with Gasteiger partial charge in [-0.15, -0.1) is 11.8 Å². The van der Waals surface area contributed by atoms with Crippen LogP contribution in [0.15, 0.2) is 52.3 Å². The summed E-state index contributed by atoms with van der Waals surface area (Å²) in [6.45, 7) is 4.69. The van der Waals surface area contributed by atoms with E-state index in [-0.39, 0.29) is 34.9 Å². The molecule has 2 aromatic rings. The normalized spacial score (nSPS) is 19.6. The summed E-state index contributed by atoms with van der Waals surface area (Å²) in [4.78, 5) is 28.3. The average Bonchev–Trinajstić information content (AvgIpc) is 2.90. The lowest BCUT2D eigenvalue weighted by Gasteiger charge is -2.27. The molecule has 1 N–H and O–H groups in total. The van der Waals surface area contributed by atoms with Gasteiger partial charge in [0.05, 0.1) is 10.6 Å². The van der Waals surface area contributed by atoms with Gasteiger partial charge in [-0.3, -0.25) is 9.59 Å². The Balaban J connectivity index is 1.65. The number of nitrogens with one attached hydrogen (secondary N) is 1. The number of carbonyl (C=O) groups is 2. The van der Waals surface area contributed by atoms with Gasteiger partial charge < -0.3 is 10.2 Å². The smallest absolute Gasteiger partial charge is 0.244 e. The number of hydrogen-bond donors (Lipinski definition) is 1. The lowest BCUT2D eigenvalue weighted by Crippen LogP contribution is -2.39. The molecule has 0 saturated carbocycles. The fraction of sp³-hybridized carbons (Fsp3) is 0.417. The highest BCUT2D eigenvalue weighted by atomic mass is 32.2. The molecule has 9 heteroatoms. The summed E-state index contributed by atoms with van der Waals surface area (Å²) in [5, 5.41) is 2.89. The Labute approximate surface area is 199 Å². The number of carbonyl (C=O) groups excluding carboxylic acids is 2. The number of amides is 2. The predicted molar refractivity (Wildman–Crippen MR) is 131 cm³/mol. The van der Waals surface area contributed by atoms with Crippen LogP contribution < -0.4 is 10.2 Å².